The molecule has 0 amide bonds. The Bertz CT molecular complexity index is 288. The van der Waals surface area contributed by atoms with Crippen molar-refractivity contribution in [3.63, 3.8) is 0 Å². The topological polar surface area (TPSA) is 0 Å². The van der Waals surface area contributed by atoms with E-state index in [0.717, 1.165) is 16.5 Å². The highest BCUT2D eigenvalue weighted by Gasteiger charge is 2.06. The highest BCUT2D eigenvalue weighted by atomic mass is 79.9. The van der Waals surface area contributed by atoms with Gasteiger partial charge in [0.25, 0.3) is 0 Å². The van der Waals surface area contributed by atoms with Crippen molar-refractivity contribution in [2.24, 2.45) is 5.92 Å². The molecule has 0 bridgehead atoms. The van der Waals surface area contributed by atoms with E-state index >= 15 is 0 Å². The van der Waals surface area contributed by atoms with Gasteiger partial charge in [-0.3, -0.25) is 0 Å². The van der Waals surface area contributed by atoms with Crippen molar-refractivity contribution in [2.75, 3.05) is 5.88 Å². The predicted molar refractivity (Wildman–Crippen MR) is 57.7 cm³/mol. The largest absolute Gasteiger partial charge is 0.207 e. The van der Waals surface area contributed by atoms with Gasteiger partial charge in [0.2, 0.25) is 0 Å². The third kappa shape index (κ3) is 3.28. The quantitative estimate of drug-likeness (QED) is 0.725. The van der Waals surface area contributed by atoms with Crippen molar-refractivity contribution in [3.05, 3.63) is 34.1 Å². The molecule has 1 unspecified atom stereocenters. The van der Waals surface area contributed by atoms with Crippen LogP contribution in [0.3, 0.4) is 0 Å². The van der Waals surface area contributed by atoms with Crippen LogP contribution in [0.5, 0.6) is 0 Å². The first kappa shape index (κ1) is 11.0. The Labute approximate surface area is 91.2 Å². The summed E-state index contributed by atoms with van der Waals surface area (Å²) in [5.41, 5.74) is 1.11. The second kappa shape index (κ2) is 4.97. The number of hydrogen-bond donors (Lipinski definition) is 0. The molecule has 0 radical (unpaired) electrons. The minimum absolute atomic E-state index is 0.214. The third-order valence-electron chi connectivity index (χ3n) is 1.85. The van der Waals surface area contributed by atoms with Gasteiger partial charge >= 0.3 is 0 Å². The van der Waals surface area contributed by atoms with Crippen LogP contribution in [0, 0.1) is 11.7 Å². The first-order chi connectivity index (χ1) is 6.13. The van der Waals surface area contributed by atoms with Gasteiger partial charge in [-0.15, -0.1) is 11.6 Å². The molecule has 72 valence electrons. The molecular weight excluding hydrogens is 254 g/mol. The zero-order valence-corrected chi connectivity index (χ0v) is 9.70. The molecule has 1 aromatic carbocycles. The molecule has 0 saturated carbocycles. The summed E-state index contributed by atoms with van der Waals surface area (Å²) in [6, 6.07) is 4.75. The van der Waals surface area contributed by atoms with Crippen LogP contribution in [0.25, 0.3) is 0 Å². The van der Waals surface area contributed by atoms with Crippen molar-refractivity contribution in [2.45, 2.75) is 13.3 Å². The highest BCUT2D eigenvalue weighted by Crippen LogP contribution is 2.21. The minimum atomic E-state index is -0.214. The molecule has 1 aromatic rings. The lowest BCUT2D eigenvalue weighted by Gasteiger charge is -2.08. The fourth-order valence-electron chi connectivity index (χ4n) is 1.12. The zero-order chi connectivity index (χ0) is 9.84. The summed E-state index contributed by atoms with van der Waals surface area (Å²) in [6.07, 6.45) is 0.879. The second-order valence-electron chi connectivity index (χ2n) is 3.20. The molecule has 0 heterocycles. The Morgan fingerprint density at radius 2 is 2.23 bits per heavy atom. The molecule has 0 aromatic heterocycles. The smallest absolute Gasteiger partial charge is 0.124 e. The van der Waals surface area contributed by atoms with Crippen molar-refractivity contribution in [1.82, 2.24) is 0 Å². The van der Waals surface area contributed by atoms with Crippen LogP contribution in [0.1, 0.15) is 12.5 Å². The van der Waals surface area contributed by atoms with E-state index in [1.54, 1.807) is 6.07 Å². The van der Waals surface area contributed by atoms with E-state index in [4.69, 9.17) is 11.6 Å². The molecular formula is C10H11BrClF. The Kier molecular flexibility index (Phi) is 4.20. The fraction of sp³-hybridized carbons (Fsp3) is 0.400. The molecule has 0 aliphatic carbocycles. The van der Waals surface area contributed by atoms with Gasteiger partial charge in [0, 0.05) is 10.4 Å². The van der Waals surface area contributed by atoms with Gasteiger partial charge in [-0.1, -0.05) is 28.9 Å². The summed E-state index contributed by atoms with van der Waals surface area (Å²) < 4.78 is 13.5. The Morgan fingerprint density at radius 1 is 1.54 bits per heavy atom. The fourth-order valence-corrected chi connectivity index (χ4v) is 1.74. The molecule has 1 rings (SSSR count). The van der Waals surface area contributed by atoms with E-state index in [1.165, 1.54) is 12.1 Å². The maximum Gasteiger partial charge on any atom is 0.124 e. The molecule has 0 aliphatic rings. The van der Waals surface area contributed by atoms with Gasteiger partial charge in [0.05, 0.1) is 0 Å². The van der Waals surface area contributed by atoms with E-state index in [1.807, 2.05) is 0 Å². The maximum absolute atomic E-state index is 12.7. The first-order valence-corrected chi connectivity index (χ1v) is 5.46. The molecule has 3 heteroatoms. The third-order valence-corrected chi connectivity index (χ3v) is 3.11. The minimum Gasteiger partial charge on any atom is -0.207 e. The predicted octanol–water partition coefficient (Wildman–Crippen LogP) is 4.01. The standard InChI is InChI=1S/C10H11BrClF/c1-7(6-12)4-8-2-3-9(13)5-10(8)11/h2-3,5,7H,4,6H2,1H3. The SMILES string of the molecule is CC(CCl)Cc1ccc(F)cc1Br. The van der Waals surface area contributed by atoms with Crippen LogP contribution in [0.2, 0.25) is 0 Å². The van der Waals surface area contributed by atoms with Crippen molar-refractivity contribution in [3.8, 4) is 0 Å². The van der Waals surface area contributed by atoms with E-state index in [2.05, 4.69) is 22.9 Å². The summed E-state index contributed by atoms with van der Waals surface area (Å²) in [5.74, 6) is 0.835. The molecule has 1 atom stereocenters. The van der Waals surface area contributed by atoms with E-state index in [-0.39, 0.29) is 5.82 Å². The lowest BCUT2D eigenvalue weighted by Crippen LogP contribution is -2.01. The summed E-state index contributed by atoms with van der Waals surface area (Å²) in [7, 11) is 0. The Morgan fingerprint density at radius 3 is 2.77 bits per heavy atom. The average Bonchev–Trinajstić information content (AvgIpc) is 2.09. The number of hydrogen-bond acceptors (Lipinski definition) is 0. The molecule has 0 fully saturated rings. The maximum atomic E-state index is 12.7. The summed E-state index contributed by atoms with van der Waals surface area (Å²) >= 11 is 9.02. The molecule has 0 spiro atoms. The van der Waals surface area contributed by atoms with Crippen LogP contribution in [0.15, 0.2) is 22.7 Å². The van der Waals surface area contributed by atoms with Gasteiger partial charge in [0.1, 0.15) is 5.82 Å². The Balaban J connectivity index is 2.77. The van der Waals surface area contributed by atoms with Gasteiger partial charge in [0.15, 0.2) is 0 Å². The molecule has 0 N–H and O–H groups in total. The summed E-state index contributed by atoms with van der Waals surface area (Å²) in [4.78, 5) is 0. The van der Waals surface area contributed by atoms with E-state index < -0.39 is 0 Å². The monoisotopic (exact) mass is 264 g/mol. The van der Waals surface area contributed by atoms with E-state index in [9.17, 15) is 4.39 Å². The summed E-state index contributed by atoms with van der Waals surface area (Å²) in [6.45, 7) is 2.07. The normalized spacial score (nSPS) is 12.9. The molecule has 0 nitrogen and oxygen atoms in total. The number of halogens is 3. The number of benzene rings is 1. The van der Waals surface area contributed by atoms with E-state index in [0.29, 0.717) is 11.8 Å². The van der Waals surface area contributed by atoms with Crippen LogP contribution in [0.4, 0.5) is 4.39 Å². The van der Waals surface area contributed by atoms with Crippen LogP contribution in [-0.2, 0) is 6.42 Å². The number of rotatable bonds is 3. The summed E-state index contributed by atoms with van der Waals surface area (Å²) in [5, 5.41) is 0. The van der Waals surface area contributed by atoms with Gasteiger partial charge in [-0.05, 0) is 30.0 Å². The molecule has 0 saturated heterocycles. The zero-order valence-electron chi connectivity index (χ0n) is 7.36. The lowest BCUT2D eigenvalue weighted by molar-refractivity contribution is 0.620. The average molecular weight is 266 g/mol. The van der Waals surface area contributed by atoms with Gasteiger partial charge in [-0.25, -0.2) is 4.39 Å². The molecule has 0 aliphatic heterocycles. The van der Waals surface area contributed by atoms with Gasteiger partial charge < -0.3 is 0 Å². The molecule has 13 heavy (non-hydrogen) atoms. The highest BCUT2D eigenvalue weighted by molar-refractivity contribution is 9.10. The van der Waals surface area contributed by atoms with Crippen molar-refractivity contribution in [1.29, 1.82) is 0 Å². The van der Waals surface area contributed by atoms with Crippen molar-refractivity contribution < 1.29 is 4.39 Å². The second-order valence-corrected chi connectivity index (χ2v) is 4.36. The van der Waals surface area contributed by atoms with Crippen LogP contribution < -0.4 is 0 Å². The van der Waals surface area contributed by atoms with Crippen molar-refractivity contribution >= 4 is 27.5 Å². The van der Waals surface area contributed by atoms with Gasteiger partial charge in [-0.2, -0.15) is 0 Å². The Hall–Kier alpha value is -0.0800. The lowest BCUT2D eigenvalue weighted by atomic mass is 10.0. The van der Waals surface area contributed by atoms with Crippen LogP contribution in [-0.4, -0.2) is 5.88 Å². The number of alkyl halides is 1. The van der Waals surface area contributed by atoms with Crippen LogP contribution >= 0.6 is 27.5 Å². The first-order valence-electron chi connectivity index (χ1n) is 4.13.